The molecule has 2 N–H and O–H groups in total. The fourth-order valence-electron chi connectivity index (χ4n) is 4.52. The van der Waals surface area contributed by atoms with E-state index in [-0.39, 0.29) is 23.5 Å². The van der Waals surface area contributed by atoms with Gasteiger partial charge < -0.3 is 19.7 Å². The van der Waals surface area contributed by atoms with Gasteiger partial charge in [-0.05, 0) is 37.5 Å². The maximum absolute atomic E-state index is 12.3. The normalized spacial score (nSPS) is 17.8. The Balaban J connectivity index is 1.86. The summed E-state index contributed by atoms with van der Waals surface area (Å²) in [5.41, 5.74) is 3.18. The van der Waals surface area contributed by atoms with Gasteiger partial charge in [0, 0.05) is 36.8 Å². The molecule has 10 heteroatoms. The maximum atomic E-state index is 12.3. The van der Waals surface area contributed by atoms with E-state index < -0.39 is 15.9 Å². The molecule has 0 saturated carbocycles. The van der Waals surface area contributed by atoms with E-state index in [1.54, 1.807) is 25.3 Å². The van der Waals surface area contributed by atoms with Crippen LogP contribution in [0.2, 0.25) is 0 Å². The van der Waals surface area contributed by atoms with Crippen LogP contribution in [-0.2, 0) is 23.0 Å². The summed E-state index contributed by atoms with van der Waals surface area (Å²) in [7, 11) is -3.49. The number of hydrogen-bond donors (Lipinski definition) is 2. The second-order valence-corrected chi connectivity index (χ2v) is 10.8. The second kappa shape index (κ2) is 8.09. The summed E-state index contributed by atoms with van der Waals surface area (Å²) in [5, 5.41) is 19.6. The van der Waals surface area contributed by atoms with Gasteiger partial charge >= 0.3 is 0 Å². The van der Waals surface area contributed by atoms with Gasteiger partial charge in [-0.15, -0.1) is 0 Å². The Kier molecular flexibility index (Phi) is 5.72. The Hall–Kier alpha value is -2.56. The summed E-state index contributed by atoms with van der Waals surface area (Å²) in [4.78, 5) is 16.3. The lowest BCUT2D eigenvalue weighted by atomic mass is 10.00. The van der Waals surface area contributed by atoms with E-state index in [1.807, 2.05) is 6.92 Å². The van der Waals surface area contributed by atoms with Crippen LogP contribution in [0.15, 0.2) is 23.2 Å². The molecule has 0 amide bonds. The summed E-state index contributed by atoms with van der Waals surface area (Å²) in [5.74, 6) is 1.58. The number of aliphatic hydroxyl groups excluding tert-OH is 2. The predicted molar refractivity (Wildman–Crippen MR) is 121 cm³/mol. The average molecular weight is 460 g/mol. The highest BCUT2D eigenvalue weighted by Crippen LogP contribution is 2.37. The molecular formula is C22H29N5O4S. The third kappa shape index (κ3) is 3.76. The van der Waals surface area contributed by atoms with Crippen LogP contribution in [0.4, 0.5) is 5.95 Å². The Bertz CT molecular complexity index is 1280. The molecule has 0 unspecified atom stereocenters. The summed E-state index contributed by atoms with van der Waals surface area (Å²) in [6, 6.07) is 3.17. The molecule has 0 radical (unpaired) electrons. The van der Waals surface area contributed by atoms with Crippen molar-refractivity contribution >= 4 is 26.8 Å². The van der Waals surface area contributed by atoms with Crippen molar-refractivity contribution in [3.05, 3.63) is 41.0 Å². The Morgan fingerprint density at radius 3 is 2.47 bits per heavy atom. The van der Waals surface area contributed by atoms with Crippen LogP contribution in [0.1, 0.15) is 55.6 Å². The first-order valence-corrected chi connectivity index (χ1v) is 12.5. The van der Waals surface area contributed by atoms with Gasteiger partial charge in [0.25, 0.3) is 0 Å². The first kappa shape index (κ1) is 22.6. The topological polar surface area (TPSA) is 121 Å². The highest BCUT2D eigenvalue weighted by atomic mass is 32.2. The highest BCUT2D eigenvalue weighted by molar-refractivity contribution is 7.90. The Morgan fingerprint density at radius 1 is 1.19 bits per heavy atom. The van der Waals surface area contributed by atoms with E-state index in [2.05, 4.69) is 33.3 Å². The maximum Gasteiger partial charge on any atom is 0.226 e. The number of hydrogen-bond acceptors (Lipinski definition) is 8. The van der Waals surface area contributed by atoms with Crippen LogP contribution in [0.5, 0.6) is 0 Å². The van der Waals surface area contributed by atoms with Crippen molar-refractivity contribution < 1.29 is 18.6 Å². The van der Waals surface area contributed by atoms with Gasteiger partial charge in [-0.3, -0.25) is 0 Å². The van der Waals surface area contributed by atoms with E-state index in [1.165, 1.54) is 0 Å². The van der Waals surface area contributed by atoms with Gasteiger partial charge in [0.2, 0.25) is 5.95 Å². The average Bonchev–Trinajstić information content (AvgIpc) is 3.08. The Labute approximate surface area is 187 Å². The molecule has 0 spiro atoms. The molecule has 9 nitrogen and oxygen atoms in total. The number of sulfone groups is 1. The zero-order chi connectivity index (χ0) is 23.4. The number of benzene rings is 1. The van der Waals surface area contributed by atoms with E-state index in [9.17, 15) is 18.6 Å². The molecule has 0 saturated heterocycles. The fraction of sp³-hybridized carbons (Fsp3) is 0.500. The first-order valence-electron chi connectivity index (χ1n) is 10.6. The highest BCUT2D eigenvalue weighted by Gasteiger charge is 2.35. The van der Waals surface area contributed by atoms with E-state index >= 15 is 0 Å². The lowest BCUT2D eigenvalue weighted by Gasteiger charge is -2.38. The third-order valence-corrected chi connectivity index (χ3v) is 7.22. The molecule has 32 heavy (non-hydrogen) atoms. The van der Waals surface area contributed by atoms with E-state index in [4.69, 9.17) is 4.98 Å². The van der Waals surface area contributed by atoms with Gasteiger partial charge in [-0.25, -0.2) is 23.4 Å². The molecule has 3 aromatic rings. The lowest BCUT2D eigenvalue weighted by molar-refractivity contribution is 0.197. The molecule has 4 rings (SSSR count). The monoisotopic (exact) mass is 459 g/mol. The number of rotatable bonds is 5. The fourth-order valence-corrected chi connectivity index (χ4v) is 5.45. The zero-order valence-electron chi connectivity index (χ0n) is 18.9. The SMILES string of the molecule is Cc1nc(N2CCn3c(nc4cc(CO)c(S(C)(=O)=O)cc43)[C@@H]2C(C)C)ncc1[C@H](C)O. The molecule has 2 aromatic heterocycles. The number of nitrogens with zero attached hydrogens (tertiary/aromatic N) is 5. The number of fused-ring (bicyclic) bond motifs is 3. The number of aryl methyl sites for hydroxylation is 1. The molecule has 1 aliphatic rings. The summed E-state index contributed by atoms with van der Waals surface area (Å²) in [6.45, 7) is 8.61. The van der Waals surface area contributed by atoms with Crippen molar-refractivity contribution in [2.75, 3.05) is 17.7 Å². The van der Waals surface area contributed by atoms with E-state index in [0.717, 1.165) is 23.3 Å². The van der Waals surface area contributed by atoms with Crippen LogP contribution in [-0.4, -0.2) is 51.0 Å². The van der Waals surface area contributed by atoms with Crippen molar-refractivity contribution in [1.82, 2.24) is 19.5 Å². The van der Waals surface area contributed by atoms with Gasteiger partial charge in [0.1, 0.15) is 5.82 Å². The molecular weight excluding hydrogens is 430 g/mol. The lowest BCUT2D eigenvalue weighted by Crippen LogP contribution is -2.42. The molecule has 172 valence electrons. The molecule has 0 aliphatic carbocycles. The summed E-state index contributed by atoms with van der Waals surface area (Å²) >= 11 is 0. The minimum Gasteiger partial charge on any atom is -0.392 e. The quantitative estimate of drug-likeness (QED) is 0.596. The standard InChI is InChI=1S/C22H29N5O4S/c1-12(2)20-21-25-17-8-15(11-28)19(32(5,30)31)9-18(17)26(21)6-7-27(20)22-23-10-16(14(4)29)13(3)24-22/h8-10,12,14,20,28-29H,6-7,11H2,1-5H3/t14-,20-/m0/s1. The third-order valence-electron chi connectivity index (χ3n) is 6.04. The number of aliphatic hydroxyl groups is 2. The summed E-state index contributed by atoms with van der Waals surface area (Å²) < 4.78 is 26.6. The zero-order valence-corrected chi connectivity index (χ0v) is 19.8. The van der Waals surface area contributed by atoms with Crippen LogP contribution in [0.3, 0.4) is 0 Å². The van der Waals surface area contributed by atoms with Crippen molar-refractivity contribution in [2.45, 2.75) is 57.9 Å². The van der Waals surface area contributed by atoms with Crippen LogP contribution >= 0.6 is 0 Å². The van der Waals surface area contributed by atoms with Gasteiger partial charge in [0.15, 0.2) is 9.84 Å². The second-order valence-electron chi connectivity index (χ2n) is 8.77. The smallest absolute Gasteiger partial charge is 0.226 e. The minimum atomic E-state index is -3.49. The largest absolute Gasteiger partial charge is 0.392 e. The molecule has 3 heterocycles. The molecule has 1 aromatic carbocycles. The van der Waals surface area contributed by atoms with Gasteiger partial charge in [-0.2, -0.15) is 0 Å². The minimum absolute atomic E-state index is 0.118. The molecule has 0 bridgehead atoms. The van der Waals surface area contributed by atoms with Crippen molar-refractivity contribution in [1.29, 1.82) is 0 Å². The predicted octanol–water partition coefficient (Wildman–Crippen LogP) is 2.30. The van der Waals surface area contributed by atoms with Crippen molar-refractivity contribution in [3.8, 4) is 0 Å². The number of aromatic nitrogens is 4. The molecule has 1 aliphatic heterocycles. The van der Waals surface area contributed by atoms with E-state index in [0.29, 0.717) is 35.7 Å². The summed E-state index contributed by atoms with van der Waals surface area (Å²) in [6.07, 6.45) is 2.18. The van der Waals surface area contributed by atoms with Gasteiger partial charge in [0.05, 0.1) is 34.7 Å². The van der Waals surface area contributed by atoms with Gasteiger partial charge in [-0.1, -0.05) is 13.8 Å². The number of anilines is 1. The van der Waals surface area contributed by atoms with Crippen molar-refractivity contribution in [2.24, 2.45) is 5.92 Å². The van der Waals surface area contributed by atoms with Crippen LogP contribution in [0.25, 0.3) is 11.0 Å². The number of imidazole rings is 1. The Morgan fingerprint density at radius 2 is 1.91 bits per heavy atom. The van der Waals surface area contributed by atoms with Crippen LogP contribution in [0, 0.1) is 12.8 Å². The van der Waals surface area contributed by atoms with Crippen molar-refractivity contribution in [3.63, 3.8) is 0 Å². The first-order chi connectivity index (χ1) is 15.0. The molecule has 0 fully saturated rings. The van der Waals surface area contributed by atoms with Crippen LogP contribution < -0.4 is 4.90 Å². The molecule has 2 atom stereocenters.